The van der Waals surface area contributed by atoms with Crippen molar-refractivity contribution in [1.29, 1.82) is 0 Å². The van der Waals surface area contributed by atoms with Crippen molar-refractivity contribution >= 4 is 34.8 Å². The fourth-order valence-electron chi connectivity index (χ4n) is 2.81. The SMILES string of the molecule is CCN(C(=O)CC1CCN(C)CC1)c1cccc(Cl)c1Cl. The smallest absolute Gasteiger partial charge is 0.227 e. The number of nitrogens with zero attached hydrogens (tertiary/aromatic N) is 2. The monoisotopic (exact) mass is 328 g/mol. The number of rotatable bonds is 4. The molecule has 1 aromatic carbocycles. The van der Waals surface area contributed by atoms with Crippen LogP contribution in [0, 0.1) is 5.92 Å². The van der Waals surface area contributed by atoms with Crippen LogP contribution < -0.4 is 4.90 Å². The van der Waals surface area contributed by atoms with Gasteiger partial charge in [-0.1, -0.05) is 29.3 Å². The van der Waals surface area contributed by atoms with Gasteiger partial charge in [-0.3, -0.25) is 4.79 Å². The Morgan fingerprint density at radius 2 is 2.00 bits per heavy atom. The number of likely N-dealkylation sites (tertiary alicyclic amines) is 1. The van der Waals surface area contributed by atoms with E-state index in [-0.39, 0.29) is 5.91 Å². The van der Waals surface area contributed by atoms with E-state index < -0.39 is 0 Å². The van der Waals surface area contributed by atoms with Crippen molar-refractivity contribution < 1.29 is 4.79 Å². The van der Waals surface area contributed by atoms with E-state index in [4.69, 9.17) is 23.2 Å². The summed E-state index contributed by atoms with van der Waals surface area (Å²) in [5.41, 5.74) is 0.713. The normalized spacial score (nSPS) is 17.0. The average molecular weight is 329 g/mol. The molecule has 0 saturated carbocycles. The van der Waals surface area contributed by atoms with Gasteiger partial charge in [0.2, 0.25) is 5.91 Å². The van der Waals surface area contributed by atoms with Crippen molar-refractivity contribution in [3.8, 4) is 0 Å². The predicted octanol–water partition coefficient (Wildman–Crippen LogP) is 4.08. The van der Waals surface area contributed by atoms with Gasteiger partial charge in [-0.25, -0.2) is 0 Å². The lowest BCUT2D eigenvalue weighted by Gasteiger charge is -2.30. The molecular weight excluding hydrogens is 307 g/mol. The zero-order valence-electron chi connectivity index (χ0n) is 12.6. The molecule has 1 aliphatic rings. The van der Waals surface area contributed by atoms with Gasteiger partial charge >= 0.3 is 0 Å². The van der Waals surface area contributed by atoms with Gasteiger partial charge in [-0.2, -0.15) is 0 Å². The predicted molar refractivity (Wildman–Crippen MR) is 89.3 cm³/mol. The summed E-state index contributed by atoms with van der Waals surface area (Å²) in [7, 11) is 2.13. The quantitative estimate of drug-likeness (QED) is 0.831. The fourth-order valence-corrected chi connectivity index (χ4v) is 3.20. The number of piperidine rings is 1. The van der Waals surface area contributed by atoms with E-state index in [1.807, 2.05) is 19.1 Å². The first-order valence-corrected chi connectivity index (χ1v) is 8.21. The summed E-state index contributed by atoms with van der Waals surface area (Å²) in [5, 5.41) is 0.942. The lowest BCUT2D eigenvalue weighted by atomic mass is 9.93. The zero-order valence-corrected chi connectivity index (χ0v) is 14.1. The van der Waals surface area contributed by atoms with Crippen LogP contribution >= 0.6 is 23.2 Å². The Kier molecular flexibility index (Phi) is 5.91. The molecule has 0 atom stereocenters. The Morgan fingerprint density at radius 1 is 1.33 bits per heavy atom. The Labute approximate surface area is 136 Å². The standard InChI is InChI=1S/C16H22Cl2N2O/c1-3-20(14-6-4-5-13(17)16(14)18)15(21)11-12-7-9-19(2)10-8-12/h4-6,12H,3,7-11H2,1-2H3. The second-order valence-corrected chi connectivity index (χ2v) is 6.45. The highest BCUT2D eigenvalue weighted by Crippen LogP contribution is 2.33. The molecule has 5 heteroatoms. The zero-order chi connectivity index (χ0) is 15.4. The molecule has 0 N–H and O–H groups in total. The van der Waals surface area contributed by atoms with Gasteiger partial charge in [-0.05, 0) is 58.0 Å². The molecule has 3 nitrogen and oxygen atoms in total. The number of anilines is 1. The first-order chi connectivity index (χ1) is 10.0. The maximum atomic E-state index is 12.6. The summed E-state index contributed by atoms with van der Waals surface area (Å²) in [6.45, 7) is 4.71. The lowest BCUT2D eigenvalue weighted by Crippen LogP contribution is -2.36. The lowest BCUT2D eigenvalue weighted by molar-refractivity contribution is -0.119. The van der Waals surface area contributed by atoms with Gasteiger partial charge in [0.25, 0.3) is 0 Å². The van der Waals surface area contributed by atoms with Crippen molar-refractivity contribution in [3.63, 3.8) is 0 Å². The highest BCUT2D eigenvalue weighted by molar-refractivity contribution is 6.44. The van der Waals surface area contributed by atoms with Crippen molar-refractivity contribution in [2.24, 2.45) is 5.92 Å². The third kappa shape index (κ3) is 4.12. The molecule has 0 spiro atoms. The third-order valence-electron chi connectivity index (χ3n) is 4.14. The molecule has 0 unspecified atom stereocenters. The third-order valence-corrected chi connectivity index (χ3v) is 4.95. The molecule has 1 fully saturated rings. The summed E-state index contributed by atoms with van der Waals surface area (Å²) < 4.78 is 0. The average Bonchev–Trinajstić information content (AvgIpc) is 2.47. The number of hydrogen-bond acceptors (Lipinski definition) is 2. The molecule has 0 bridgehead atoms. The Morgan fingerprint density at radius 3 is 2.62 bits per heavy atom. The summed E-state index contributed by atoms with van der Waals surface area (Å²) in [6, 6.07) is 5.42. The highest BCUT2D eigenvalue weighted by Gasteiger charge is 2.24. The van der Waals surface area contributed by atoms with E-state index in [1.165, 1.54) is 0 Å². The molecule has 0 aliphatic carbocycles. The number of halogens is 2. The van der Waals surface area contributed by atoms with E-state index in [2.05, 4.69) is 11.9 Å². The number of amides is 1. The summed E-state index contributed by atoms with van der Waals surface area (Å²) in [6.07, 6.45) is 2.76. The summed E-state index contributed by atoms with van der Waals surface area (Å²) in [5.74, 6) is 0.608. The van der Waals surface area contributed by atoms with Crippen LogP contribution in [0.5, 0.6) is 0 Å². The minimum Gasteiger partial charge on any atom is -0.311 e. The van der Waals surface area contributed by atoms with Crippen molar-refractivity contribution in [2.75, 3.05) is 31.6 Å². The highest BCUT2D eigenvalue weighted by atomic mass is 35.5. The maximum Gasteiger partial charge on any atom is 0.227 e. The molecule has 116 valence electrons. The van der Waals surface area contributed by atoms with Crippen LogP contribution in [0.1, 0.15) is 26.2 Å². The molecule has 1 aliphatic heterocycles. The van der Waals surface area contributed by atoms with Crippen LogP contribution in [0.2, 0.25) is 10.0 Å². The molecule has 21 heavy (non-hydrogen) atoms. The van der Waals surface area contributed by atoms with E-state index in [9.17, 15) is 4.79 Å². The summed E-state index contributed by atoms with van der Waals surface area (Å²) in [4.78, 5) is 16.7. The number of benzene rings is 1. The molecule has 1 heterocycles. The number of carbonyl (C=O) groups excluding carboxylic acids is 1. The first kappa shape index (κ1) is 16.6. The minimum atomic E-state index is 0.135. The Hall–Kier alpha value is -0.770. The summed E-state index contributed by atoms with van der Waals surface area (Å²) >= 11 is 12.3. The molecule has 0 aromatic heterocycles. The molecule has 2 rings (SSSR count). The Bertz CT molecular complexity index is 499. The fraction of sp³-hybridized carbons (Fsp3) is 0.562. The van der Waals surface area contributed by atoms with Gasteiger partial charge in [-0.15, -0.1) is 0 Å². The van der Waals surface area contributed by atoms with Gasteiger partial charge in [0.1, 0.15) is 0 Å². The second kappa shape index (κ2) is 7.48. The second-order valence-electron chi connectivity index (χ2n) is 5.66. The molecule has 1 aromatic rings. The Balaban J connectivity index is 2.06. The molecular formula is C16H22Cl2N2O. The van der Waals surface area contributed by atoms with Crippen LogP contribution in [0.25, 0.3) is 0 Å². The van der Waals surface area contributed by atoms with Crippen molar-refractivity contribution in [1.82, 2.24) is 4.90 Å². The van der Waals surface area contributed by atoms with Crippen LogP contribution in [0.3, 0.4) is 0 Å². The molecule has 1 saturated heterocycles. The topological polar surface area (TPSA) is 23.6 Å². The van der Waals surface area contributed by atoms with Crippen molar-refractivity contribution in [2.45, 2.75) is 26.2 Å². The van der Waals surface area contributed by atoms with Crippen LogP contribution in [0.15, 0.2) is 18.2 Å². The maximum absolute atomic E-state index is 12.6. The van der Waals surface area contributed by atoms with Gasteiger partial charge in [0.05, 0.1) is 15.7 Å². The number of carbonyl (C=O) groups is 1. The first-order valence-electron chi connectivity index (χ1n) is 7.45. The number of hydrogen-bond donors (Lipinski definition) is 0. The van der Waals surface area contributed by atoms with Crippen LogP contribution in [0.4, 0.5) is 5.69 Å². The largest absolute Gasteiger partial charge is 0.311 e. The van der Waals surface area contributed by atoms with E-state index in [1.54, 1.807) is 11.0 Å². The minimum absolute atomic E-state index is 0.135. The van der Waals surface area contributed by atoms with E-state index in [0.29, 0.717) is 34.6 Å². The molecule has 1 amide bonds. The van der Waals surface area contributed by atoms with Gasteiger partial charge < -0.3 is 9.80 Å². The molecule has 0 radical (unpaired) electrons. The van der Waals surface area contributed by atoms with Gasteiger partial charge in [0.15, 0.2) is 0 Å². The van der Waals surface area contributed by atoms with E-state index in [0.717, 1.165) is 25.9 Å². The van der Waals surface area contributed by atoms with Crippen LogP contribution in [-0.2, 0) is 4.79 Å². The van der Waals surface area contributed by atoms with Crippen LogP contribution in [-0.4, -0.2) is 37.5 Å². The van der Waals surface area contributed by atoms with Crippen molar-refractivity contribution in [3.05, 3.63) is 28.2 Å². The van der Waals surface area contributed by atoms with E-state index >= 15 is 0 Å². The van der Waals surface area contributed by atoms with Gasteiger partial charge in [0, 0.05) is 13.0 Å².